The molecule has 0 fully saturated rings. The van der Waals surface area contributed by atoms with Crippen molar-refractivity contribution < 1.29 is 9.59 Å². The van der Waals surface area contributed by atoms with Gasteiger partial charge in [-0.1, -0.05) is 18.2 Å². The molecule has 29 heavy (non-hydrogen) atoms. The predicted octanol–water partition coefficient (Wildman–Crippen LogP) is 2.22. The summed E-state index contributed by atoms with van der Waals surface area (Å²) >= 11 is 1.76. The van der Waals surface area contributed by atoms with E-state index in [2.05, 4.69) is 33.0 Å². The molecular formula is C20H28IN5O2S. The summed E-state index contributed by atoms with van der Waals surface area (Å²) in [5, 5.41) is 7.87. The Morgan fingerprint density at radius 3 is 2.48 bits per heavy atom. The minimum Gasteiger partial charge on any atom is -0.368 e. The van der Waals surface area contributed by atoms with Crippen LogP contribution >= 0.6 is 35.3 Å². The van der Waals surface area contributed by atoms with Crippen LogP contribution in [0, 0.1) is 0 Å². The van der Waals surface area contributed by atoms with Gasteiger partial charge in [-0.3, -0.25) is 9.59 Å². The number of carbonyl (C=O) groups is 2. The van der Waals surface area contributed by atoms with Crippen molar-refractivity contribution in [3.05, 3.63) is 57.8 Å². The molecule has 0 unspecified atom stereocenters. The lowest BCUT2D eigenvalue weighted by molar-refractivity contribution is -0.117. The molecule has 0 aliphatic rings. The standard InChI is InChI=1S/C20H27N5O2S.HI/c1-3-22-20(25(2)11-10-17-5-4-12-28-17)24-13-15-6-8-16(9-7-15)19(27)23-14-18(21)26;/h4-9,12H,3,10-11,13-14H2,1-2H3,(H2,21,26)(H,22,24)(H,23,27);1H. The van der Waals surface area contributed by atoms with Gasteiger partial charge in [-0.25, -0.2) is 4.99 Å². The van der Waals surface area contributed by atoms with E-state index in [1.807, 2.05) is 26.1 Å². The number of halogens is 1. The summed E-state index contributed by atoms with van der Waals surface area (Å²) in [4.78, 5) is 30.8. The molecule has 2 aromatic rings. The monoisotopic (exact) mass is 529 g/mol. The van der Waals surface area contributed by atoms with Gasteiger partial charge in [0.05, 0.1) is 13.1 Å². The van der Waals surface area contributed by atoms with Crippen molar-refractivity contribution in [3.63, 3.8) is 0 Å². The molecule has 0 aliphatic heterocycles. The summed E-state index contributed by atoms with van der Waals surface area (Å²) in [6.45, 7) is 4.05. The van der Waals surface area contributed by atoms with Crippen LogP contribution in [-0.4, -0.2) is 49.4 Å². The summed E-state index contributed by atoms with van der Waals surface area (Å²) in [5.41, 5.74) is 6.51. The van der Waals surface area contributed by atoms with Gasteiger partial charge in [0, 0.05) is 30.6 Å². The quantitative estimate of drug-likeness (QED) is 0.264. The lowest BCUT2D eigenvalue weighted by Gasteiger charge is -2.21. The molecule has 0 aliphatic carbocycles. The first kappa shape index (κ1) is 24.9. The number of likely N-dealkylation sites (N-methyl/N-ethyl adjacent to an activating group) is 1. The van der Waals surface area contributed by atoms with E-state index in [1.165, 1.54) is 4.88 Å². The Balaban J connectivity index is 0.00000420. The fourth-order valence-corrected chi connectivity index (χ4v) is 3.20. The number of hydrogen-bond donors (Lipinski definition) is 3. The number of nitrogens with one attached hydrogen (secondary N) is 2. The molecule has 7 nitrogen and oxygen atoms in total. The van der Waals surface area contributed by atoms with E-state index in [0.29, 0.717) is 12.1 Å². The van der Waals surface area contributed by atoms with Crippen molar-refractivity contribution in [2.24, 2.45) is 10.7 Å². The van der Waals surface area contributed by atoms with Gasteiger partial charge in [-0.15, -0.1) is 35.3 Å². The van der Waals surface area contributed by atoms with Crippen LogP contribution in [0.3, 0.4) is 0 Å². The summed E-state index contributed by atoms with van der Waals surface area (Å²) in [6.07, 6.45) is 0.980. The van der Waals surface area contributed by atoms with Gasteiger partial charge in [0.15, 0.2) is 5.96 Å². The average molecular weight is 529 g/mol. The van der Waals surface area contributed by atoms with Crippen molar-refractivity contribution in [1.29, 1.82) is 0 Å². The van der Waals surface area contributed by atoms with Gasteiger partial charge in [-0.05, 0) is 42.5 Å². The number of benzene rings is 1. The SMILES string of the molecule is CCNC(=NCc1ccc(C(=O)NCC(N)=O)cc1)N(C)CCc1cccs1.I. The molecule has 9 heteroatoms. The smallest absolute Gasteiger partial charge is 0.251 e. The number of nitrogens with zero attached hydrogens (tertiary/aromatic N) is 2. The fourth-order valence-electron chi connectivity index (χ4n) is 2.51. The number of primary amides is 1. The number of thiophene rings is 1. The van der Waals surface area contributed by atoms with Gasteiger partial charge >= 0.3 is 0 Å². The van der Waals surface area contributed by atoms with Crippen LogP contribution in [0.4, 0.5) is 0 Å². The number of aliphatic imine (C=N–C) groups is 1. The second kappa shape index (κ2) is 13.2. The Labute approximate surface area is 192 Å². The van der Waals surface area contributed by atoms with E-state index in [1.54, 1.807) is 23.5 Å². The van der Waals surface area contributed by atoms with Gasteiger partial charge in [-0.2, -0.15) is 0 Å². The third-order valence-electron chi connectivity index (χ3n) is 4.02. The van der Waals surface area contributed by atoms with Crippen molar-refractivity contribution >= 4 is 53.1 Å². The van der Waals surface area contributed by atoms with Gasteiger partial charge < -0.3 is 21.3 Å². The highest BCUT2D eigenvalue weighted by molar-refractivity contribution is 14.0. The largest absolute Gasteiger partial charge is 0.368 e. The van der Waals surface area contributed by atoms with E-state index in [0.717, 1.165) is 31.0 Å². The molecule has 158 valence electrons. The van der Waals surface area contributed by atoms with Crippen molar-refractivity contribution in [2.75, 3.05) is 26.7 Å². The number of hydrogen-bond acceptors (Lipinski definition) is 4. The number of rotatable bonds is 9. The Morgan fingerprint density at radius 1 is 1.17 bits per heavy atom. The van der Waals surface area contributed by atoms with Crippen LogP contribution < -0.4 is 16.4 Å². The lowest BCUT2D eigenvalue weighted by atomic mass is 10.1. The first-order chi connectivity index (χ1) is 13.5. The molecule has 2 rings (SSSR count). The predicted molar refractivity (Wildman–Crippen MR) is 129 cm³/mol. The first-order valence-corrected chi connectivity index (χ1v) is 10.0. The lowest BCUT2D eigenvalue weighted by Crippen LogP contribution is -2.39. The summed E-state index contributed by atoms with van der Waals surface area (Å²) in [7, 11) is 2.03. The second-order valence-electron chi connectivity index (χ2n) is 6.27. The van der Waals surface area contributed by atoms with E-state index in [-0.39, 0.29) is 36.4 Å². The third-order valence-corrected chi connectivity index (χ3v) is 4.96. The molecule has 0 saturated carbocycles. The van der Waals surface area contributed by atoms with Crippen molar-refractivity contribution in [3.8, 4) is 0 Å². The van der Waals surface area contributed by atoms with Crippen LogP contribution in [0.15, 0.2) is 46.8 Å². The Bertz CT molecular complexity index is 794. The summed E-state index contributed by atoms with van der Waals surface area (Å²) in [6, 6.07) is 11.4. The van der Waals surface area contributed by atoms with Crippen LogP contribution in [0.1, 0.15) is 27.7 Å². The highest BCUT2D eigenvalue weighted by atomic mass is 127. The zero-order chi connectivity index (χ0) is 20.4. The van der Waals surface area contributed by atoms with Crippen molar-refractivity contribution in [2.45, 2.75) is 19.9 Å². The van der Waals surface area contributed by atoms with Crippen LogP contribution in [0.5, 0.6) is 0 Å². The fraction of sp³-hybridized carbons (Fsp3) is 0.350. The van der Waals surface area contributed by atoms with Gasteiger partial charge in [0.25, 0.3) is 5.91 Å². The van der Waals surface area contributed by atoms with Gasteiger partial charge in [0.1, 0.15) is 0 Å². The minimum atomic E-state index is -0.571. The van der Waals surface area contributed by atoms with E-state index >= 15 is 0 Å². The van der Waals surface area contributed by atoms with Crippen LogP contribution in [-0.2, 0) is 17.8 Å². The number of carbonyl (C=O) groups excluding carboxylic acids is 2. The van der Waals surface area contributed by atoms with Crippen LogP contribution in [0.2, 0.25) is 0 Å². The van der Waals surface area contributed by atoms with Crippen molar-refractivity contribution in [1.82, 2.24) is 15.5 Å². The maximum absolute atomic E-state index is 11.9. The maximum atomic E-state index is 11.9. The third kappa shape index (κ3) is 8.82. The average Bonchev–Trinajstić information content (AvgIpc) is 3.21. The first-order valence-electron chi connectivity index (χ1n) is 9.17. The maximum Gasteiger partial charge on any atom is 0.251 e. The number of nitrogens with two attached hydrogens (primary N) is 1. The van der Waals surface area contributed by atoms with E-state index in [9.17, 15) is 9.59 Å². The molecule has 0 atom stereocenters. The highest BCUT2D eigenvalue weighted by Gasteiger charge is 2.08. The zero-order valence-corrected chi connectivity index (χ0v) is 19.8. The van der Waals surface area contributed by atoms with Crippen LogP contribution in [0.25, 0.3) is 0 Å². The van der Waals surface area contributed by atoms with Gasteiger partial charge in [0.2, 0.25) is 5.91 Å². The van der Waals surface area contributed by atoms with E-state index < -0.39 is 5.91 Å². The Hall–Kier alpha value is -2.14. The highest BCUT2D eigenvalue weighted by Crippen LogP contribution is 2.10. The molecule has 1 heterocycles. The topological polar surface area (TPSA) is 99.8 Å². The Kier molecular flexibility index (Phi) is 11.3. The molecule has 4 N–H and O–H groups in total. The van der Waals surface area contributed by atoms with E-state index in [4.69, 9.17) is 10.7 Å². The molecule has 1 aromatic heterocycles. The second-order valence-corrected chi connectivity index (χ2v) is 7.30. The molecule has 0 radical (unpaired) electrons. The number of guanidine groups is 1. The minimum absolute atomic E-state index is 0. The molecule has 1 aromatic carbocycles. The molecule has 0 saturated heterocycles. The Morgan fingerprint density at radius 2 is 1.90 bits per heavy atom. The summed E-state index contributed by atoms with van der Waals surface area (Å²) < 4.78 is 0. The molecule has 0 bridgehead atoms. The normalized spacial score (nSPS) is 10.8. The zero-order valence-electron chi connectivity index (χ0n) is 16.7. The molecular weight excluding hydrogens is 501 g/mol. The molecule has 0 spiro atoms. The number of amides is 2. The molecule has 2 amide bonds. The summed E-state index contributed by atoms with van der Waals surface area (Å²) in [5.74, 6) is -0.0451.